The summed E-state index contributed by atoms with van der Waals surface area (Å²) in [5.74, 6) is -3.02. The summed E-state index contributed by atoms with van der Waals surface area (Å²) >= 11 is 1.65. The molecular formula is C22H18F3N3S. The smallest absolute Gasteiger partial charge is 0.161 e. The van der Waals surface area contributed by atoms with Crippen molar-refractivity contribution in [2.24, 2.45) is 0 Å². The number of H-pyrrole nitrogens is 1. The van der Waals surface area contributed by atoms with Crippen LogP contribution in [0.2, 0.25) is 0 Å². The lowest BCUT2D eigenvalue weighted by Crippen LogP contribution is -2.23. The first kappa shape index (κ1) is 19.4. The van der Waals surface area contributed by atoms with Gasteiger partial charge in [-0.05, 0) is 48.2 Å². The largest absolute Gasteiger partial charge is 0.363 e. The fraction of sp³-hybridized carbons (Fsp3) is 0.136. The third-order valence-corrected chi connectivity index (χ3v) is 5.50. The second kappa shape index (κ2) is 8.21. The molecule has 4 rings (SSSR count). The standard InChI is InChI=1S/C22H18F3N3S/c1-29-17-5-2-14(3-6-17)11-28(12-15-8-19(24)20(25)10-18(15)23)16-4-7-21-22(9-16)27-13-26-21/h2-10,13H,11-12H2,1H3,(H,26,27). The van der Waals surface area contributed by atoms with Crippen molar-refractivity contribution in [3.63, 3.8) is 0 Å². The number of halogens is 3. The van der Waals surface area contributed by atoms with Crippen LogP contribution in [-0.4, -0.2) is 16.2 Å². The molecule has 4 aromatic rings. The first-order chi connectivity index (χ1) is 14.0. The quantitative estimate of drug-likeness (QED) is 0.315. The highest BCUT2D eigenvalue weighted by Crippen LogP contribution is 2.26. The van der Waals surface area contributed by atoms with Crippen molar-refractivity contribution in [3.8, 4) is 0 Å². The molecule has 0 radical (unpaired) electrons. The number of nitrogens with one attached hydrogen (secondary N) is 1. The zero-order chi connectivity index (χ0) is 20.4. The lowest BCUT2D eigenvalue weighted by Gasteiger charge is -2.26. The van der Waals surface area contributed by atoms with Gasteiger partial charge < -0.3 is 9.88 Å². The molecule has 3 nitrogen and oxygen atoms in total. The molecule has 0 spiro atoms. The monoisotopic (exact) mass is 413 g/mol. The van der Waals surface area contributed by atoms with Crippen molar-refractivity contribution in [2.75, 3.05) is 11.2 Å². The summed E-state index contributed by atoms with van der Waals surface area (Å²) in [6.45, 7) is 0.569. The normalized spacial score (nSPS) is 11.2. The average molecular weight is 413 g/mol. The van der Waals surface area contributed by atoms with E-state index in [-0.39, 0.29) is 12.1 Å². The molecule has 1 N–H and O–H groups in total. The number of aromatic amines is 1. The predicted octanol–water partition coefficient (Wildman–Crippen LogP) is 5.91. The summed E-state index contributed by atoms with van der Waals surface area (Å²) in [6.07, 6.45) is 3.61. The van der Waals surface area contributed by atoms with Crippen LogP contribution in [0.5, 0.6) is 0 Å². The molecule has 0 bridgehead atoms. The third kappa shape index (κ3) is 4.24. The van der Waals surface area contributed by atoms with E-state index in [0.717, 1.165) is 33.2 Å². The van der Waals surface area contributed by atoms with E-state index < -0.39 is 17.5 Å². The maximum absolute atomic E-state index is 14.3. The molecule has 7 heteroatoms. The number of fused-ring (bicyclic) bond motifs is 1. The third-order valence-electron chi connectivity index (χ3n) is 4.75. The van der Waals surface area contributed by atoms with E-state index in [2.05, 4.69) is 9.97 Å². The van der Waals surface area contributed by atoms with E-state index in [4.69, 9.17) is 0 Å². The molecule has 1 heterocycles. The van der Waals surface area contributed by atoms with Gasteiger partial charge in [0.1, 0.15) is 5.82 Å². The number of thioether (sulfide) groups is 1. The number of aromatic nitrogens is 2. The van der Waals surface area contributed by atoms with E-state index in [9.17, 15) is 13.2 Å². The van der Waals surface area contributed by atoms with Gasteiger partial charge in [0.25, 0.3) is 0 Å². The molecule has 0 unspecified atom stereocenters. The van der Waals surface area contributed by atoms with Crippen molar-refractivity contribution < 1.29 is 13.2 Å². The van der Waals surface area contributed by atoms with Gasteiger partial charge in [-0.15, -0.1) is 11.8 Å². The molecule has 0 aliphatic heterocycles. The van der Waals surface area contributed by atoms with E-state index in [1.165, 1.54) is 0 Å². The Hall–Kier alpha value is -2.93. The number of anilines is 1. The zero-order valence-electron chi connectivity index (χ0n) is 15.6. The Bertz CT molecular complexity index is 1140. The fourth-order valence-corrected chi connectivity index (χ4v) is 3.61. The van der Waals surface area contributed by atoms with Crippen LogP contribution >= 0.6 is 11.8 Å². The first-order valence-electron chi connectivity index (χ1n) is 8.98. The number of benzene rings is 3. The minimum absolute atomic E-state index is 0.0902. The highest BCUT2D eigenvalue weighted by atomic mass is 32.2. The van der Waals surface area contributed by atoms with Crippen LogP contribution in [0.15, 0.2) is 65.8 Å². The topological polar surface area (TPSA) is 31.9 Å². The minimum Gasteiger partial charge on any atom is -0.363 e. The van der Waals surface area contributed by atoms with E-state index in [0.29, 0.717) is 12.6 Å². The van der Waals surface area contributed by atoms with Crippen LogP contribution in [0.4, 0.5) is 18.9 Å². The fourth-order valence-electron chi connectivity index (χ4n) is 3.20. The van der Waals surface area contributed by atoms with Gasteiger partial charge in [-0.25, -0.2) is 18.2 Å². The molecule has 0 atom stereocenters. The molecule has 0 amide bonds. The zero-order valence-corrected chi connectivity index (χ0v) is 16.4. The molecule has 0 aliphatic rings. The van der Waals surface area contributed by atoms with Crippen LogP contribution in [0.3, 0.4) is 0 Å². The Morgan fingerprint density at radius 3 is 2.41 bits per heavy atom. The Morgan fingerprint density at radius 1 is 0.897 bits per heavy atom. The molecule has 148 valence electrons. The molecule has 3 aromatic carbocycles. The van der Waals surface area contributed by atoms with Crippen molar-refractivity contribution in [1.82, 2.24) is 9.97 Å². The molecule has 0 aliphatic carbocycles. The number of imidazole rings is 1. The molecule has 0 fully saturated rings. The Balaban J connectivity index is 1.70. The lowest BCUT2D eigenvalue weighted by molar-refractivity contribution is 0.489. The second-order valence-electron chi connectivity index (χ2n) is 6.67. The van der Waals surface area contributed by atoms with Gasteiger partial charge in [0.05, 0.1) is 17.4 Å². The minimum atomic E-state index is -1.19. The molecule has 1 aromatic heterocycles. The molecule has 29 heavy (non-hydrogen) atoms. The van der Waals surface area contributed by atoms with Gasteiger partial charge in [0.15, 0.2) is 11.6 Å². The first-order valence-corrected chi connectivity index (χ1v) is 10.2. The van der Waals surface area contributed by atoms with Gasteiger partial charge in [-0.3, -0.25) is 0 Å². The second-order valence-corrected chi connectivity index (χ2v) is 7.55. The van der Waals surface area contributed by atoms with Gasteiger partial charge >= 0.3 is 0 Å². The van der Waals surface area contributed by atoms with E-state index in [1.807, 2.05) is 53.6 Å². The average Bonchev–Trinajstić information content (AvgIpc) is 3.20. The van der Waals surface area contributed by atoms with E-state index in [1.54, 1.807) is 18.1 Å². The van der Waals surface area contributed by atoms with E-state index >= 15 is 0 Å². The van der Waals surface area contributed by atoms with Gasteiger partial charge in [-0.2, -0.15) is 0 Å². The van der Waals surface area contributed by atoms with Crippen molar-refractivity contribution in [3.05, 3.63) is 89.5 Å². The van der Waals surface area contributed by atoms with Crippen molar-refractivity contribution >= 4 is 28.5 Å². The summed E-state index contributed by atoms with van der Waals surface area (Å²) in [7, 11) is 0. The van der Waals surface area contributed by atoms with Crippen LogP contribution in [0, 0.1) is 17.5 Å². The summed E-state index contributed by atoms with van der Waals surface area (Å²) in [5.41, 5.74) is 3.60. The van der Waals surface area contributed by atoms with Crippen LogP contribution in [-0.2, 0) is 13.1 Å². The number of rotatable bonds is 6. The van der Waals surface area contributed by atoms with Crippen LogP contribution in [0.1, 0.15) is 11.1 Å². The van der Waals surface area contributed by atoms with Gasteiger partial charge in [0.2, 0.25) is 0 Å². The number of hydrogen-bond acceptors (Lipinski definition) is 3. The maximum atomic E-state index is 14.3. The number of nitrogens with zero attached hydrogens (tertiary/aromatic N) is 2. The summed E-state index contributed by atoms with van der Waals surface area (Å²) in [5, 5.41) is 0. The van der Waals surface area contributed by atoms with Gasteiger partial charge in [0, 0.05) is 35.3 Å². The SMILES string of the molecule is CSc1ccc(CN(Cc2cc(F)c(F)cc2F)c2ccc3nc[nH]c3c2)cc1. The van der Waals surface area contributed by atoms with Crippen molar-refractivity contribution in [2.45, 2.75) is 18.0 Å². The Labute approximate surface area is 170 Å². The Morgan fingerprint density at radius 2 is 1.66 bits per heavy atom. The van der Waals surface area contributed by atoms with Crippen LogP contribution in [0.25, 0.3) is 11.0 Å². The highest BCUT2D eigenvalue weighted by molar-refractivity contribution is 7.98. The van der Waals surface area contributed by atoms with Crippen LogP contribution < -0.4 is 4.90 Å². The van der Waals surface area contributed by atoms with Gasteiger partial charge in [-0.1, -0.05) is 12.1 Å². The number of hydrogen-bond donors (Lipinski definition) is 1. The predicted molar refractivity (Wildman–Crippen MR) is 111 cm³/mol. The highest BCUT2D eigenvalue weighted by Gasteiger charge is 2.15. The molecular weight excluding hydrogens is 395 g/mol. The summed E-state index contributed by atoms with van der Waals surface area (Å²) < 4.78 is 41.3. The summed E-state index contributed by atoms with van der Waals surface area (Å²) in [6, 6.07) is 15.2. The Kier molecular flexibility index (Phi) is 5.49. The lowest BCUT2D eigenvalue weighted by atomic mass is 10.1. The molecule has 0 saturated heterocycles. The maximum Gasteiger partial charge on any atom is 0.161 e. The summed E-state index contributed by atoms with van der Waals surface area (Å²) in [4.78, 5) is 10.3. The van der Waals surface area contributed by atoms with Crippen molar-refractivity contribution in [1.29, 1.82) is 0 Å². The molecule has 0 saturated carbocycles.